The molecule has 0 unspecified atom stereocenters. The van der Waals surface area contributed by atoms with Crippen LogP contribution in [0.2, 0.25) is 0 Å². The Morgan fingerprint density at radius 1 is 1.13 bits per heavy atom. The van der Waals surface area contributed by atoms with E-state index in [1.54, 1.807) is 6.07 Å². The normalized spacial score (nSPS) is 10.7. The Bertz CT molecular complexity index is 460. The first-order chi connectivity index (χ1) is 7.31. The number of fused-ring (bicyclic) bond motifs is 1. The molecule has 0 heterocycles. The summed E-state index contributed by atoms with van der Waals surface area (Å²) in [6.07, 6.45) is 3.33. The molecule has 0 N–H and O–H groups in total. The van der Waals surface area contributed by atoms with Gasteiger partial charge in [-0.3, -0.25) is 5.11 Å². The van der Waals surface area contributed by atoms with Crippen LogP contribution in [0.5, 0.6) is 5.75 Å². The van der Waals surface area contributed by atoms with E-state index < -0.39 is 0 Å². The van der Waals surface area contributed by atoms with Gasteiger partial charge < -0.3 is 0 Å². The van der Waals surface area contributed by atoms with Crippen molar-refractivity contribution in [2.24, 2.45) is 0 Å². The van der Waals surface area contributed by atoms with E-state index in [0.29, 0.717) is 0 Å². The second-order valence-electron chi connectivity index (χ2n) is 3.92. The van der Waals surface area contributed by atoms with Gasteiger partial charge in [-0.15, -0.1) is 0 Å². The maximum absolute atomic E-state index is 11.8. The molecular formula is C14H15O. The molecular weight excluding hydrogens is 184 g/mol. The molecule has 0 aliphatic rings. The predicted molar refractivity (Wildman–Crippen MR) is 62.7 cm³/mol. The molecule has 1 radical (unpaired) electrons. The number of benzene rings is 2. The van der Waals surface area contributed by atoms with Gasteiger partial charge in [-0.05, 0) is 29.9 Å². The zero-order chi connectivity index (χ0) is 10.7. The van der Waals surface area contributed by atoms with Crippen molar-refractivity contribution in [3.05, 3.63) is 42.0 Å². The molecule has 0 atom stereocenters. The molecule has 0 amide bonds. The monoisotopic (exact) mass is 199 g/mol. The van der Waals surface area contributed by atoms with Crippen LogP contribution in [0.15, 0.2) is 36.4 Å². The molecule has 0 saturated heterocycles. The average Bonchev–Trinajstić information content (AvgIpc) is 2.26. The van der Waals surface area contributed by atoms with Gasteiger partial charge in [0.25, 0.3) is 0 Å². The molecule has 0 saturated carbocycles. The minimum Gasteiger partial charge on any atom is -0.289 e. The topological polar surface area (TPSA) is 19.9 Å². The Morgan fingerprint density at radius 2 is 1.93 bits per heavy atom. The van der Waals surface area contributed by atoms with Gasteiger partial charge >= 0.3 is 0 Å². The Labute approximate surface area is 90.4 Å². The zero-order valence-corrected chi connectivity index (χ0v) is 8.99. The molecule has 0 spiro atoms. The Balaban J connectivity index is 2.43. The number of hydrogen-bond acceptors (Lipinski definition) is 0. The van der Waals surface area contributed by atoms with E-state index in [1.165, 1.54) is 12.0 Å². The van der Waals surface area contributed by atoms with Crippen molar-refractivity contribution in [3.8, 4) is 5.75 Å². The predicted octanol–water partition coefficient (Wildman–Crippen LogP) is 4.33. The van der Waals surface area contributed by atoms with Gasteiger partial charge in [0.15, 0.2) is 5.75 Å². The molecule has 2 aromatic rings. The molecule has 0 aliphatic heterocycles. The van der Waals surface area contributed by atoms with Crippen molar-refractivity contribution < 1.29 is 5.11 Å². The highest BCUT2D eigenvalue weighted by Gasteiger charge is 2.03. The van der Waals surface area contributed by atoms with Crippen LogP contribution < -0.4 is 0 Å². The van der Waals surface area contributed by atoms with Crippen molar-refractivity contribution in [2.75, 3.05) is 0 Å². The SMILES string of the molecule is CCCCc1cc([O])c2ccccc2c1. The first kappa shape index (κ1) is 10.0. The summed E-state index contributed by atoms with van der Waals surface area (Å²) in [4.78, 5) is 0. The van der Waals surface area contributed by atoms with Gasteiger partial charge in [0.05, 0.1) is 0 Å². The number of aryl methyl sites for hydroxylation is 1. The summed E-state index contributed by atoms with van der Waals surface area (Å²) in [6, 6.07) is 11.7. The Morgan fingerprint density at radius 3 is 2.73 bits per heavy atom. The van der Waals surface area contributed by atoms with Crippen molar-refractivity contribution in [1.82, 2.24) is 0 Å². The van der Waals surface area contributed by atoms with Crippen LogP contribution >= 0.6 is 0 Å². The number of rotatable bonds is 3. The van der Waals surface area contributed by atoms with Crippen molar-refractivity contribution in [3.63, 3.8) is 0 Å². The van der Waals surface area contributed by atoms with E-state index in [-0.39, 0.29) is 5.75 Å². The number of hydrogen-bond donors (Lipinski definition) is 0. The zero-order valence-electron chi connectivity index (χ0n) is 8.99. The highest BCUT2D eigenvalue weighted by molar-refractivity contribution is 5.88. The van der Waals surface area contributed by atoms with Gasteiger partial charge in [-0.1, -0.05) is 43.7 Å². The van der Waals surface area contributed by atoms with E-state index in [9.17, 15) is 5.11 Å². The lowest BCUT2D eigenvalue weighted by atomic mass is 10.0. The third kappa shape index (κ3) is 2.12. The van der Waals surface area contributed by atoms with Gasteiger partial charge in [0, 0.05) is 5.39 Å². The minimum absolute atomic E-state index is 0.152. The minimum atomic E-state index is 0.152. The van der Waals surface area contributed by atoms with Gasteiger partial charge in [0.2, 0.25) is 0 Å². The van der Waals surface area contributed by atoms with E-state index in [2.05, 4.69) is 13.0 Å². The molecule has 0 bridgehead atoms. The Kier molecular flexibility index (Phi) is 2.91. The fourth-order valence-electron chi connectivity index (χ4n) is 1.86. The molecule has 1 heteroatoms. The van der Waals surface area contributed by atoms with Crippen LogP contribution in [0.4, 0.5) is 0 Å². The van der Waals surface area contributed by atoms with Crippen LogP contribution in [0.1, 0.15) is 25.3 Å². The van der Waals surface area contributed by atoms with Crippen LogP contribution in [0, 0.1) is 0 Å². The summed E-state index contributed by atoms with van der Waals surface area (Å²) < 4.78 is 0. The third-order valence-electron chi connectivity index (χ3n) is 2.70. The molecule has 0 aromatic heterocycles. The molecule has 77 valence electrons. The highest BCUT2D eigenvalue weighted by atomic mass is 16.3. The third-order valence-corrected chi connectivity index (χ3v) is 2.70. The van der Waals surface area contributed by atoms with Crippen LogP contribution in [-0.4, -0.2) is 0 Å². The Hall–Kier alpha value is -1.50. The lowest BCUT2D eigenvalue weighted by Gasteiger charge is -2.03. The first-order valence-electron chi connectivity index (χ1n) is 5.50. The molecule has 0 aliphatic carbocycles. The highest BCUT2D eigenvalue weighted by Crippen LogP contribution is 2.27. The van der Waals surface area contributed by atoms with E-state index in [1.807, 2.05) is 24.3 Å². The fourth-order valence-corrected chi connectivity index (χ4v) is 1.86. The van der Waals surface area contributed by atoms with Gasteiger partial charge in [0.1, 0.15) is 0 Å². The lowest BCUT2D eigenvalue weighted by molar-refractivity contribution is 0.360. The largest absolute Gasteiger partial charge is 0.289 e. The summed E-state index contributed by atoms with van der Waals surface area (Å²) in [7, 11) is 0. The van der Waals surface area contributed by atoms with Crippen LogP contribution in [0.3, 0.4) is 0 Å². The molecule has 2 aromatic carbocycles. The van der Waals surface area contributed by atoms with E-state index >= 15 is 0 Å². The van der Waals surface area contributed by atoms with Crippen LogP contribution in [-0.2, 0) is 11.5 Å². The van der Waals surface area contributed by atoms with Crippen molar-refractivity contribution >= 4 is 10.8 Å². The quantitative estimate of drug-likeness (QED) is 0.701. The molecule has 15 heavy (non-hydrogen) atoms. The van der Waals surface area contributed by atoms with Crippen molar-refractivity contribution in [2.45, 2.75) is 26.2 Å². The maximum Gasteiger partial charge on any atom is 0.186 e. The second kappa shape index (κ2) is 4.35. The van der Waals surface area contributed by atoms with Gasteiger partial charge in [-0.25, -0.2) is 0 Å². The molecule has 2 rings (SSSR count). The summed E-state index contributed by atoms with van der Waals surface area (Å²) >= 11 is 0. The first-order valence-corrected chi connectivity index (χ1v) is 5.50. The van der Waals surface area contributed by atoms with E-state index in [0.717, 1.165) is 23.6 Å². The second-order valence-corrected chi connectivity index (χ2v) is 3.92. The molecule has 1 nitrogen and oxygen atoms in total. The molecule has 0 fully saturated rings. The lowest BCUT2D eigenvalue weighted by Crippen LogP contribution is -1.85. The average molecular weight is 199 g/mol. The summed E-state index contributed by atoms with van der Waals surface area (Å²) in [5.74, 6) is 0.152. The maximum atomic E-state index is 11.8. The summed E-state index contributed by atoms with van der Waals surface area (Å²) in [5, 5.41) is 13.7. The summed E-state index contributed by atoms with van der Waals surface area (Å²) in [5.41, 5.74) is 1.17. The standard InChI is InChI=1S/C14H15O/c1-2-3-6-11-9-12-7-4-5-8-13(12)14(15)10-11/h4-5,7-10H,2-3,6H2,1H3. The van der Waals surface area contributed by atoms with Crippen LogP contribution in [0.25, 0.3) is 10.8 Å². The smallest absolute Gasteiger partial charge is 0.186 e. The van der Waals surface area contributed by atoms with Gasteiger partial charge in [-0.2, -0.15) is 0 Å². The summed E-state index contributed by atoms with van der Waals surface area (Å²) in [6.45, 7) is 2.17. The van der Waals surface area contributed by atoms with E-state index in [4.69, 9.17) is 0 Å². The fraction of sp³-hybridized carbons (Fsp3) is 0.286. The van der Waals surface area contributed by atoms with Crippen molar-refractivity contribution in [1.29, 1.82) is 0 Å². The number of unbranched alkanes of at least 4 members (excludes halogenated alkanes) is 1.